The Morgan fingerprint density at radius 1 is 0.686 bits per heavy atom. The number of aliphatic hydroxyl groups is 2. The Morgan fingerprint density at radius 3 is 1.46 bits per heavy atom. The molecule has 1 heterocycles. The molecular formula is C21H40N4O10. The third kappa shape index (κ3) is 16.7. The Labute approximate surface area is 205 Å². The number of carbonyl (C=O) groups excluding carboxylic acids is 2. The van der Waals surface area contributed by atoms with Crippen LogP contribution in [0.25, 0.3) is 0 Å². The van der Waals surface area contributed by atoms with Gasteiger partial charge in [-0.15, -0.1) is 0 Å². The summed E-state index contributed by atoms with van der Waals surface area (Å²) >= 11 is 0. The Hall–Kier alpha value is -2.49. The minimum Gasteiger partial charge on any atom is -0.480 e. The highest BCUT2D eigenvalue weighted by Gasteiger charge is 2.27. The zero-order valence-corrected chi connectivity index (χ0v) is 20.5. The number of rotatable bonds is 11. The third-order valence-corrected chi connectivity index (χ3v) is 5.21. The molecule has 204 valence electrons. The van der Waals surface area contributed by atoms with Gasteiger partial charge in [-0.25, -0.2) is 0 Å². The first kappa shape index (κ1) is 34.7. The third-order valence-electron chi connectivity index (χ3n) is 5.21. The predicted molar refractivity (Wildman–Crippen MR) is 125 cm³/mol. The fraction of sp³-hybridized carbons (Fsp3) is 0.762. The van der Waals surface area contributed by atoms with Gasteiger partial charge in [-0.1, -0.05) is 0 Å². The van der Waals surface area contributed by atoms with Crippen LogP contribution in [-0.4, -0.2) is 168 Å². The van der Waals surface area contributed by atoms with Crippen LogP contribution in [0.2, 0.25) is 0 Å². The average molecular weight is 509 g/mol. The fourth-order valence-electron chi connectivity index (χ4n) is 3.54. The summed E-state index contributed by atoms with van der Waals surface area (Å²) in [5.41, 5.74) is 0. The molecule has 35 heavy (non-hydrogen) atoms. The van der Waals surface area contributed by atoms with Crippen molar-refractivity contribution in [1.82, 2.24) is 19.6 Å². The summed E-state index contributed by atoms with van der Waals surface area (Å²) in [7, 11) is 2.00. The molecule has 0 spiro atoms. The van der Waals surface area contributed by atoms with Crippen molar-refractivity contribution in [3.63, 3.8) is 0 Å². The topological polar surface area (TPSA) is 199 Å². The molecule has 1 fully saturated rings. The van der Waals surface area contributed by atoms with E-state index in [1.165, 1.54) is 0 Å². The van der Waals surface area contributed by atoms with Crippen LogP contribution in [0.1, 0.15) is 12.8 Å². The number of hydrogen-bond donors (Lipinski definition) is 5. The predicted octanol–water partition coefficient (Wildman–Crippen LogP) is -2.77. The van der Waals surface area contributed by atoms with E-state index >= 15 is 0 Å². The highest BCUT2D eigenvalue weighted by molar-refractivity contribution is 5.74. The van der Waals surface area contributed by atoms with Gasteiger partial charge in [0.25, 0.3) is 0 Å². The smallest absolute Gasteiger partial charge is 0.320 e. The van der Waals surface area contributed by atoms with Gasteiger partial charge in [0, 0.05) is 73.0 Å². The van der Waals surface area contributed by atoms with Gasteiger partial charge >= 0.3 is 17.9 Å². The highest BCUT2D eigenvalue weighted by atomic mass is 16.4. The van der Waals surface area contributed by atoms with Crippen LogP contribution in [0.4, 0.5) is 0 Å². The first-order valence-electron chi connectivity index (χ1n) is 11.1. The van der Waals surface area contributed by atoms with Gasteiger partial charge in [0.1, 0.15) is 18.6 Å². The van der Waals surface area contributed by atoms with E-state index in [-0.39, 0.29) is 45.6 Å². The minimum atomic E-state index is -1.06. The lowest BCUT2D eigenvalue weighted by Crippen LogP contribution is -2.51. The summed E-state index contributed by atoms with van der Waals surface area (Å²) in [6, 6.07) is -0.901. The second-order valence-corrected chi connectivity index (χ2v) is 7.44. The van der Waals surface area contributed by atoms with E-state index in [1.807, 2.05) is 4.90 Å². The van der Waals surface area contributed by atoms with E-state index in [0.717, 1.165) is 20.5 Å². The largest absolute Gasteiger partial charge is 0.480 e. The molecule has 0 aromatic carbocycles. The second kappa shape index (κ2) is 22.0. The van der Waals surface area contributed by atoms with Gasteiger partial charge in [0.05, 0.1) is 19.6 Å². The lowest BCUT2D eigenvalue weighted by molar-refractivity contribution is -0.144. The summed E-state index contributed by atoms with van der Waals surface area (Å²) in [5.74, 6) is -3.09. The van der Waals surface area contributed by atoms with Crippen molar-refractivity contribution in [2.24, 2.45) is 0 Å². The molecule has 1 atom stereocenters. The summed E-state index contributed by atoms with van der Waals surface area (Å²) in [5, 5.41) is 42.0. The number of carbonyl (C=O) groups is 5. The first-order valence-corrected chi connectivity index (χ1v) is 11.1. The molecule has 0 aromatic heterocycles. The maximum atomic E-state index is 11.8. The van der Waals surface area contributed by atoms with Crippen LogP contribution < -0.4 is 0 Å². The van der Waals surface area contributed by atoms with E-state index in [4.69, 9.17) is 15.3 Å². The van der Waals surface area contributed by atoms with E-state index in [1.54, 1.807) is 14.7 Å². The van der Waals surface area contributed by atoms with Gasteiger partial charge in [-0.05, 0) is 6.42 Å². The molecule has 1 aliphatic rings. The Balaban J connectivity index is 0. The van der Waals surface area contributed by atoms with Crippen LogP contribution >= 0.6 is 0 Å². The van der Waals surface area contributed by atoms with E-state index < -0.39 is 23.9 Å². The van der Waals surface area contributed by atoms with Gasteiger partial charge < -0.3 is 35.1 Å². The molecular weight excluding hydrogens is 468 g/mol. The fourth-order valence-corrected chi connectivity index (χ4v) is 3.54. The summed E-state index contributed by atoms with van der Waals surface area (Å²) in [6.07, 6.45) is 1.64. The molecule has 5 N–H and O–H groups in total. The number of aliphatic hydroxyl groups excluding tert-OH is 2. The molecule has 14 nitrogen and oxygen atoms in total. The zero-order valence-electron chi connectivity index (χ0n) is 20.5. The monoisotopic (exact) mass is 508 g/mol. The van der Waals surface area contributed by atoms with Crippen LogP contribution in [-0.2, 0) is 24.0 Å². The number of hydrogen-bond acceptors (Lipinski definition) is 11. The molecule has 1 aliphatic heterocycles. The van der Waals surface area contributed by atoms with Crippen molar-refractivity contribution in [2.75, 3.05) is 86.2 Å². The molecule has 1 rings (SSSR count). The van der Waals surface area contributed by atoms with Gasteiger partial charge in [0.2, 0.25) is 0 Å². The number of aldehydes is 2. The quantitative estimate of drug-likeness (QED) is 0.180. The van der Waals surface area contributed by atoms with Crippen molar-refractivity contribution in [2.45, 2.75) is 18.9 Å². The van der Waals surface area contributed by atoms with Crippen molar-refractivity contribution < 1.29 is 49.5 Å². The van der Waals surface area contributed by atoms with Crippen LogP contribution in [0.5, 0.6) is 0 Å². The minimum absolute atomic E-state index is 0.0918. The van der Waals surface area contributed by atoms with Gasteiger partial charge in [0.15, 0.2) is 0 Å². The maximum Gasteiger partial charge on any atom is 0.320 e. The van der Waals surface area contributed by atoms with Crippen LogP contribution in [0, 0.1) is 0 Å². The van der Waals surface area contributed by atoms with Crippen molar-refractivity contribution in [1.29, 1.82) is 0 Å². The molecule has 0 aliphatic carbocycles. The molecule has 14 heteroatoms. The summed E-state index contributed by atoms with van der Waals surface area (Å²) < 4.78 is 0. The van der Waals surface area contributed by atoms with Crippen molar-refractivity contribution in [3.05, 3.63) is 0 Å². The summed E-state index contributed by atoms with van der Waals surface area (Å²) in [6.45, 7) is 2.29. The number of nitrogens with zero attached hydrogens (tertiary/aromatic N) is 4. The maximum absolute atomic E-state index is 11.8. The molecule has 0 saturated carbocycles. The zero-order chi connectivity index (χ0) is 27.2. The van der Waals surface area contributed by atoms with Gasteiger partial charge in [-0.3, -0.25) is 34.0 Å². The number of carboxylic acids is 3. The molecule has 1 saturated heterocycles. The average Bonchev–Trinajstić information content (AvgIpc) is 2.82. The van der Waals surface area contributed by atoms with E-state index in [2.05, 4.69) is 0 Å². The lowest BCUT2D eigenvalue weighted by Gasteiger charge is -2.35. The van der Waals surface area contributed by atoms with Gasteiger partial charge in [-0.2, -0.15) is 0 Å². The van der Waals surface area contributed by atoms with Crippen molar-refractivity contribution >= 4 is 30.5 Å². The van der Waals surface area contributed by atoms with Crippen LogP contribution in [0.15, 0.2) is 0 Å². The number of aliphatic carboxylic acids is 3. The Morgan fingerprint density at radius 2 is 1.09 bits per heavy atom. The van der Waals surface area contributed by atoms with E-state index in [0.29, 0.717) is 45.6 Å². The SMILES string of the molecule is CO.CO.O=CCCC(C(=O)O)N1CCN(CC=O)CCN(CC(=O)O)CCN(CC(=O)O)CC1. The standard InChI is InChI=1S/C19H32N4O8.2CH4O/c24-12-1-2-16(19(30)31)23-9-7-20(11-13-25)3-4-21(14-17(26)27)5-6-22(8-10-23)15-18(28)29;2*1-2/h12-13,16H,1-11,14-15H2,(H,26,27)(H,28,29)(H,30,31);2*2H,1H3. The number of carboxylic acid groups (broad SMARTS) is 3. The van der Waals surface area contributed by atoms with Crippen LogP contribution in [0.3, 0.4) is 0 Å². The molecule has 1 unspecified atom stereocenters. The Kier molecular flexibility index (Phi) is 21.8. The first-order chi connectivity index (χ1) is 16.8. The van der Waals surface area contributed by atoms with E-state index in [9.17, 15) is 34.2 Å². The highest BCUT2D eigenvalue weighted by Crippen LogP contribution is 2.09. The lowest BCUT2D eigenvalue weighted by atomic mass is 10.1. The molecule has 0 aromatic rings. The Bertz CT molecular complexity index is 623. The summed E-state index contributed by atoms with van der Waals surface area (Å²) in [4.78, 5) is 62.9. The second-order valence-electron chi connectivity index (χ2n) is 7.44. The molecule has 0 amide bonds. The molecule has 0 bridgehead atoms. The molecule has 0 radical (unpaired) electrons. The van der Waals surface area contributed by atoms with Crippen molar-refractivity contribution in [3.8, 4) is 0 Å². The normalized spacial score (nSPS) is 17.7.